The third-order valence-corrected chi connectivity index (χ3v) is 2.64. The van der Waals surface area contributed by atoms with Crippen molar-refractivity contribution in [1.29, 1.82) is 0 Å². The van der Waals surface area contributed by atoms with Crippen LogP contribution in [0, 0.1) is 11.8 Å². The maximum atomic E-state index is 11.6. The molecule has 0 radical (unpaired) electrons. The lowest BCUT2D eigenvalue weighted by atomic mass is 9.97. The highest BCUT2D eigenvalue weighted by Crippen LogP contribution is 2.24. The number of carbonyl (C=O) groups is 2. The fourth-order valence-corrected chi connectivity index (χ4v) is 1.78. The van der Waals surface area contributed by atoms with Crippen LogP contribution in [0.5, 0.6) is 0 Å². The summed E-state index contributed by atoms with van der Waals surface area (Å²) in [5.74, 6) is -0.0525. The van der Waals surface area contributed by atoms with Gasteiger partial charge < -0.3 is 14.9 Å². The first-order valence-electron chi connectivity index (χ1n) is 4.62. The predicted molar refractivity (Wildman–Crippen MR) is 50.9 cm³/mol. The average molecular weight is 200 g/mol. The van der Waals surface area contributed by atoms with Crippen molar-refractivity contribution in [3.05, 3.63) is 0 Å². The molecule has 0 spiro atoms. The molecular weight excluding hydrogens is 184 g/mol. The van der Waals surface area contributed by atoms with Gasteiger partial charge in [-0.05, 0) is 5.92 Å². The Bertz CT molecular complexity index is 252. The highest BCUT2D eigenvalue weighted by Gasteiger charge is 2.37. The molecule has 0 aromatic rings. The molecule has 5 heteroatoms. The molecule has 1 N–H and O–H groups in total. The van der Waals surface area contributed by atoms with Gasteiger partial charge in [0.2, 0.25) is 5.91 Å². The lowest BCUT2D eigenvalue weighted by molar-refractivity contribution is -0.133. The number of amides is 2. The molecule has 1 heterocycles. The van der Waals surface area contributed by atoms with Crippen LogP contribution in [0.3, 0.4) is 0 Å². The van der Waals surface area contributed by atoms with Gasteiger partial charge >= 0.3 is 6.09 Å². The molecule has 0 aromatic carbocycles. The summed E-state index contributed by atoms with van der Waals surface area (Å²) >= 11 is 0. The van der Waals surface area contributed by atoms with Gasteiger partial charge in [-0.1, -0.05) is 6.92 Å². The largest absolute Gasteiger partial charge is 0.465 e. The molecule has 1 rings (SSSR count). The van der Waals surface area contributed by atoms with E-state index in [1.165, 1.54) is 9.80 Å². The van der Waals surface area contributed by atoms with Gasteiger partial charge in [0, 0.05) is 27.2 Å². The zero-order valence-electron chi connectivity index (χ0n) is 8.73. The van der Waals surface area contributed by atoms with Crippen LogP contribution >= 0.6 is 0 Å². The molecule has 2 amide bonds. The first-order chi connectivity index (χ1) is 6.43. The van der Waals surface area contributed by atoms with Crippen LogP contribution < -0.4 is 0 Å². The fraction of sp³-hybridized carbons (Fsp3) is 0.778. The number of carbonyl (C=O) groups excluding carboxylic acids is 1. The minimum atomic E-state index is -0.939. The van der Waals surface area contributed by atoms with Crippen LogP contribution in [-0.4, -0.2) is 54.1 Å². The second-order valence-electron chi connectivity index (χ2n) is 4.00. The molecule has 1 aliphatic rings. The normalized spacial score (nSPS) is 26.4. The second-order valence-corrected chi connectivity index (χ2v) is 4.00. The van der Waals surface area contributed by atoms with E-state index in [1.54, 1.807) is 14.1 Å². The van der Waals surface area contributed by atoms with Crippen molar-refractivity contribution in [2.24, 2.45) is 11.8 Å². The zero-order valence-corrected chi connectivity index (χ0v) is 8.73. The highest BCUT2D eigenvalue weighted by atomic mass is 16.4. The Balaban J connectivity index is 2.65. The minimum Gasteiger partial charge on any atom is -0.465 e. The number of likely N-dealkylation sites (tertiary alicyclic amines) is 1. The summed E-state index contributed by atoms with van der Waals surface area (Å²) in [4.78, 5) is 25.1. The van der Waals surface area contributed by atoms with Crippen molar-refractivity contribution in [2.75, 3.05) is 27.2 Å². The topological polar surface area (TPSA) is 60.9 Å². The van der Waals surface area contributed by atoms with Crippen molar-refractivity contribution in [3.8, 4) is 0 Å². The van der Waals surface area contributed by atoms with Gasteiger partial charge in [0.1, 0.15) is 0 Å². The Labute approximate surface area is 83.3 Å². The molecule has 80 valence electrons. The van der Waals surface area contributed by atoms with Crippen LogP contribution in [0.1, 0.15) is 6.92 Å². The summed E-state index contributed by atoms with van der Waals surface area (Å²) < 4.78 is 0. The summed E-state index contributed by atoms with van der Waals surface area (Å²) in [6.45, 7) is 2.70. The highest BCUT2D eigenvalue weighted by molar-refractivity contribution is 5.80. The smallest absolute Gasteiger partial charge is 0.407 e. The number of nitrogens with zero attached hydrogens (tertiary/aromatic N) is 2. The predicted octanol–water partition coefficient (Wildman–Crippen LogP) is 0.321. The monoisotopic (exact) mass is 200 g/mol. The van der Waals surface area contributed by atoms with Gasteiger partial charge in [-0.15, -0.1) is 0 Å². The first kappa shape index (κ1) is 10.8. The fourth-order valence-electron chi connectivity index (χ4n) is 1.78. The van der Waals surface area contributed by atoms with Gasteiger partial charge in [-0.3, -0.25) is 4.79 Å². The maximum Gasteiger partial charge on any atom is 0.407 e. The molecule has 1 aliphatic heterocycles. The van der Waals surface area contributed by atoms with E-state index >= 15 is 0 Å². The summed E-state index contributed by atoms with van der Waals surface area (Å²) in [6, 6.07) is 0. The lowest BCUT2D eigenvalue weighted by Crippen LogP contribution is -2.34. The van der Waals surface area contributed by atoms with Gasteiger partial charge in [0.15, 0.2) is 0 Å². The zero-order chi connectivity index (χ0) is 10.9. The Kier molecular flexibility index (Phi) is 2.98. The molecular formula is C9H16N2O3. The number of rotatable bonds is 1. The van der Waals surface area contributed by atoms with E-state index in [0.29, 0.717) is 13.1 Å². The standard InChI is InChI=1S/C9H16N2O3/c1-6-4-11(9(13)14)5-7(6)8(12)10(2)3/h6-7H,4-5H2,1-3H3,(H,13,14)/t6-,7-/m1/s1. The average Bonchev–Trinajstić information content (AvgIpc) is 2.46. The van der Waals surface area contributed by atoms with E-state index in [0.717, 1.165) is 0 Å². The molecule has 1 fully saturated rings. The summed E-state index contributed by atoms with van der Waals surface area (Å²) in [5, 5.41) is 8.77. The Morgan fingerprint density at radius 3 is 2.29 bits per heavy atom. The van der Waals surface area contributed by atoms with Gasteiger partial charge in [0.05, 0.1) is 5.92 Å². The van der Waals surface area contributed by atoms with Crippen molar-refractivity contribution in [1.82, 2.24) is 9.80 Å². The lowest BCUT2D eigenvalue weighted by Gasteiger charge is -2.18. The minimum absolute atomic E-state index is 0.0150. The van der Waals surface area contributed by atoms with Gasteiger partial charge in [-0.2, -0.15) is 0 Å². The Morgan fingerprint density at radius 2 is 1.93 bits per heavy atom. The van der Waals surface area contributed by atoms with E-state index in [2.05, 4.69) is 0 Å². The quantitative estimate of drug-likeness (QED) is 0.663. The van der Waals surface area contributed by atoms with Crippen LogP contribution in [-0.2, 0) is 4.79 Å². The SMILES string of the molecule is C[C@@H]1CN(C(=O)O)C[C@H]1C(=O)N(C)C. The van der Waals surface area contributed by atoms with Crippen LogP contribution in [0.4, 0.5) is 4.79 Å². The molecule has 1 saturated heterocycles. The Morgan fingerprint density at radius 1 is 1.36 bits per heavy atom. The molecule has 0 saturated carbocycles. The molecule has 5 nitrogen and oxygen atoms in total. The molecule has 14 heavy (non-hydrogen) atoms. The van der Waals surface area contributed by atoms with E-state index in [-0.39, 0.29) is 17.7 Å². The van der Waals surface area contributed by atoms with E-state index < -0.39 is 6.09 Å². The van der Waals surface area contributed by atoms with E-state index in [1.807, 2.05) is 6.92 Å². The van der Waals surface area contributed by atoms with Crippen LogP contribution in [0.15, 0.2) is 0 Å². The van der Waals surface area contributed by atoms with Gasteiger partial charge in [0.25, 0.3) is 0 Å². The van der Waals surface area contributed by atoms with E-state index in [4.69, 9.17) is 5.11 Å². The third kappa shape index (κ3) is 1.97. The van der Waals surface area contributed by atoms with Crippen LogP contribution in [0.2, 0.25) is 0 Å². The van der Waals surface area contributed by atoms with E-state index in [9.17, 15) is 9.59 Å². The first-order valence-corrected chi connectivity index (χ1v) is 4.62. The number of carboxylic acid groups (broad SMARTS) is 1. The number of hydrogen-bond acceptors (Lipinski definition) is 2. The molecule has 0 unspecified atom stereocenters. The Hall–Kier alpha value is -1.26. The summed E-state index contributed by atoms with van der Waals surface area (Å²) in [6.07, 6.45) is -0.939. The van der Waals surface area contributed by atoms with Crippen molar-refractivity contribution in [2.45, 2.75) is 6.92 Å². The summed E-state index contributed by atoms with van der Waals surface area (Å²) in [7, 11) is 3.39. The van der Waals surface area contributed by atoms with Crippen molar-refractivity contribution < 1.29 is 14.7 Å². The number of hydrogen-bond donors (Lipinski definition) is 1. The molecule has 0 aromatic heterocycles. The molecule has 2 atom stereocenters. The third-order valence-electron chi connectivity index (χ3n) is 2.64. The van der Waals surface area contributed by atoms with Crippen molar-refractivity contribution >= 4 is 12.0 Å². The maximum absolute atomic E-state index is 11.6. The second kappa shape index (κ2) is 3.86. The van der Waals surface area contributed by atoms with Crippen molar-refractivity contribution in [3.63, 3.8) is 0 Å². The molecule has 0 bridgehead atoms. The summed E-state index contributed by atoms with van der Waals surface area (Å²) in [5.41, 5.74) is 0. The van der Waals surface area contributed by atoms with Gasteiger partial charge in [-0.25, -0.2) is 4.79 Å². The molecule has 0 aliphatic carbocycles. The van der Waals surface area contributed by atoms with Crippen LogP contribution in [0.25, 0.3) is 0 Å².